The number of nitrogens with one attached hydrogen (secondary N) is 3. The Bertz CT molecular complexity index is 2590. The molecule has 10 rings (SSSR count). The van der Waals surface area contributed by atoms with E-state index in [9.17, 15) is 24.0 Å². The minimum Gasteiger partial charge on any atom is -0.371 e. The molecule has 17 nitrogen and oxygen atoms in total. The van der Waals surface area contributed by atoms with Gasteiger partial charge < -0.3 is 25.0 Å². The van der Waals surface area contributed by atoms with E-state index in [0.29, 0.717) is 35.1 Å². The van der Waals surface area contributed by atoms with Crippen LogP contribution in [-0.2, 0) is 16.1 Å². The van der Waals surface area contributed by atoms with Gasteiger partial charge in [0.25, 0.3) is 17.7 Å². The smallest absolute Gasteiger partial charge is 0.270 e. The second-order valence-corrected chi connectivity index (χ2v) is 17.4. The molecule has 4 fully saturated rings. The number of fused-ring (bicyclic) bond motifs is 2. The van der Waals surface area contributed by atoms with Gasteiger partial charge in [0.15, 0.2) is 11.5 Å². The largest absolute Gasteiger partial charge is 0.371 e. The summed E-state index contributed by atoms with van der Waals surface area (Å²) in [5.74, 6) is -0.813. The van der Waals surface area contributed by atoms with Crippen molar-refractivity contribution in [1.29, 1.82) is 0 Å². The van der Waals surface area contributed by atoms with Crippen molar-refractivity contribution in [3.63, 3.8) is 0 Å². The molecule has 1 saturated carbocycles. The van der Waals surface area contributed by atoms with Gasteiger partial charge >= 0.3 is 0 Å². The molecule has 324 valence electrons. The summed E-state index contributed by atoms with van der Waals surface area (Å²) in [6.45, 7) is 9.22. The van der Waals surface area contributed by atoms with Crippen LogP contribution in [0.25, 0.3) is 11.2 Å². The van der Waals surface area contributed by atoms with Crippen molar-refractivity contribution >= 4 is 57.9 Å². The molecule has 0 spiro atoms. The molecule has 3 N–H and O–H groups in total. The summed E-state index contributed by atoms with van der Waals surface area (Å²) in [6.07, 6.45) is 7.31. The Morgan fingerprint density at radius 1 is 0.810 bits per heavy atom. The average molecular weight is 851 g/mol. The lowest BCUT2D eigenvalue weighted by atomic mass is 9.86. The van der Waals surface area contributed by atoms with Gasteiger partial charge in [-0.25, -0.2) is 19.9 Å². The Morgan fingerprint density at radius 3 is 2.32 bits per heavy atom. The molecule has 3 aromatic heterocycles. The van der Waals surface area contributed by atoms with Gasteiger partial charge in [-0.2, -0.15) is 0 Å². The van der Waals surface area contributed by atoms with Crippen molar-refractivity contribution in [2.24, 2.45) is 5.92 Å². The third-order valence-electron chi connectivity index (χ3n) is 13.4. The fraction of sp³-hybridized carbons (Fsp3) is 0.413. The Morgan fingerprint density at radius 2 is 1.56 bits per heavy atom. The number of aryl methyl sites for hydroxylation is 1. The standard InChI is InChI=1S/C46H50N12O5/c1-28-3-2-4-37(51-28)43(60)52-31-21-34(22-31)57-27-50-40-41(48-26-49-42(40)57)47-24-29-5-7-32(8-6-29)56-19-17-54(18-20-56)25-30-13-15-55(16-14-30)33-9-10-35-36(23-33)46(63)58(45(35)62)38-11-12-39(59)53-44(38)61/h2-10,23,26-27,30-31,34,38H,11-22,24-25H2,1H3,(H,52,60)(H,47,48,49)(H,53,59,61). The molecule has 63 heavy (non-hydrogen) atoms. The minimum atomic E-state index is -0.965. The van der Waals surface area contributed by atoms with Crippen LogP contribution in [0, 0.1) is 12.8 Å². The number of nitrogens with zero attached hydrogens (tertiary/aromatic N) is 9. The molecule has 5 aromatic rings. The zero-order valence-corrected chi connectivity index (χ0v) is 35.2. The van der Waals surface area contributed by atoms with Crippen molar-refractivity contribution in [2.75, 3.05) is 60.9 Å². The molecule has 7 heterocycles. The number of rotatable bonds is 11. The molecule has 2 aromatic carbocycles. The predicted molar refractivity (Wildman–Crippen MR) is 234 cm³/mol. The Labute approximate surface area is 364 Å². The fourth-order valence-electron chi connectivity index (χ4n) is 9.70. The van der Waals surface area contributed by atoms with E-state index in [1.165, 1.54) is 5.69 Å². The van der Waals surface area contributed by atoms with E-state index < -0.39 is 23.8 Å². The lowest BCUT2D eigenvalue weighted by Crippen LogP contribution is -2.54. The topological polar surface area (TPSA) is 191 Å². The highest BCUT2D eigenvalue weighted by atomic mass is 16.2. The number of piperazine rings is 1. The monoisotopic (exact) mass is 850 g/mol. The Balaban J connectivity index is 0.664. The number of carbonyl (C=O) groups is 5. The molecule has 0 radical (unpaired) electrons. The molecule has 0 bridgehead atoms. The van der Waals surface area contributed by atoms with E-state index >= 15 is 0 Å². The van der Waals surface area contributed by atoms with Crippen LogP contribution in [0.15, 0.2) is 73.3 Å². The maximum absolute atomic E-state index is 13.4. The second-order valence-electron chi connectivity index (χ2n) is 17.4. The number of anilines is 3. The van der Waals surface area contributed by atoms with Crippen LogP contribution >= 0.6 is 0 Å². The number of piperidine rings is 2. The Kier molecular flexibility index (Phi) is 10.8. The minimum absolute atomic E-state index is 0.0740. The maximum Gasteiger partial charge on any atom is 0.270 e. The summed E-state index contributed by atoms with van der Waals surface area (Å²) in [6, 6.07) is 18.9. The molecular formula is C46H50N12O5. The molecule has 5 aliphatic rings. The zero-order chi connectivity index (χ0) is 43.2. The quantitative estimate of drug-likeness (QED) is 0.163. The van der Waals surface area contributed by atoms with Crippen molar-refractivity contribution in [1.82, 2.24) is 44.9 Å². The number of hydrogen-bond donors (Lipinski definition) is 3. The molecular weight excluding hydrogens is 801 g/mol. The molecule has 1 unspecified atom stereocenters. The van der Waals surface area contributed by atoms with Gasteiger partial charge in [-0.15, -0.1) is 0 Å². The molecule has 17 heteroatoms. The average Bonchev–Trinajstić information content (AvgIpc) is 3.82. The third-order valence-corrected chi connectivity index (χ3v) is 13.4. The van der Waals surface area contributed by atoms with E-state index in [1.54, 1.807) is 24.5 Å². The van der Waals surface area contributed by atoms with E-state index in [-0.39, 0.29) is 36.7 Å². The number of imide groups is 2. The molecule has 5 amide bonds. The highest BCUT2D eigenvalue weighted by Gasteiger charge is 2.45. The predicted octanol–water partition coefficient (Wildman–Crippen LogP) is 3.72. The number of carbonyl (C=O) groups excluding carboxylic acids is 5. The fourth-order valence-corrected chi connectivity index (χ4v) is 9.70. The van der Waals surface area contributed by atoms with Crippen LogP contribution in [0.2, 0.25) is 0 Å². The number of hydrogen-bond acceptors (Lipinski definition) is 13. The summed E-state index contributed by atoms with van der Waals surface area (Å²) < 4.78 is 2.09. The summed E-state index contributed by atoms with van der Waals surface area (Å²) in [5.41, 5.74) is 6.66. The van der Waals surface area contributed by atoms with Crippen LogP contribution in [0.5, 0.6) is 0 Å². The van der Waals surface area contributed by atoms with Crippen molar-refractivity contribution < 1.29 is 24.0 Å². The number of amides is 5. The van der Waals surface area contributed by atoms with Gasteiger partial charge in [0.05, 0.1) is 17.5 Å². The van der Waals surface area contributed by atoms with Crippen LogP contribution in [0.4, 0.5) is 17.2 Å². The van der Waals surface area contributed by atoms with E-state index in [4.69, 9.17) is 0 Å². The van der Waals surface area contributed by atoms with Crippen molar-refractivity contribution in [3.05, 3.63) is 101 Å². The number of aromatic nitrogens is 5. The van der Waals surface area contributed by atoms with Crippen LogP contribution in [0.1, 0.15) is 87.0 Å². The SMILES string of the molecule is Cc1cccc(C(=O)NC2CC(n3cnc4c(NCc5ccc(N6CCN(CC7CCN(c8ccc9c(c8)C(=O)N(C8CCC(=O)NC8=O)C9=O)CC7)CC6)cc5)ncnc43)C2)n1. The first-order valence-electron chi connectivity index (χ1n) is 22.0. The molecule has 1 aliphatic carbocycles. The normalized spacial score (nSPS) is 22.0. The molecule has 4 aliphatic heterocycles. The first kappa shape index (κ1) is 40.3. The van der Waals surface area contributed by atoms with Gasteiger partial charge in [-0.3, -0.25) is 39.1 Å². The second kappa shape index (κ2) is 16.8. The molecule has 1 atom stereocenters. The van der Waals surface area contributed by atoms with Gasteiger partial charge in [-0.05, 0) is 93.0 Å². The van der Waals surface area contributed by atoms with E-state index in [1.807, 2.05) is 31.5 Å². The highest BCUT2D eigenvalue weighted by molar-refractivity contribution is 6.23. The van der Waals surface area contributed by atoms with Gasteiger partial charge in [0, 0.05) is 87.9 Å². The van der Waals surface area contributed by atoms with Crippen molar-refractivity contribution in [3.8, 4) is 0 Å². The summed E-state index contributed by atoms with van der Waals surface area (Å²) >= 11 is 0. The lowest BCUT2D eigenvalue weighted by molar-refractivity contribution is -0.136. The van der Waals surface area contributed by atoms with Gasteiger partial charge in [0.2, 0.25) is 11.8 Å². The third kappa shape index (κ3) is 8.08. The summed E-state index contributed by atoms with van der Waals surface area (Å²) in [5, 5.41) is 8.82. The highest BCUT2D eigenvalue weighted by Crippen LogP contribution is 2.36. The van der Waals surface area contributed by atoms with E-state index in [2.05, 4.69) is 79.4 Å². The lowest BCUT2D eigenvalue weighted by Gasteiger charge is -2.40. The Hall–Kier alpha value is -6.75. The first-order valence-corrected chi connectivity index (χ1v) is 22.0. The van der Waals surface area contributed by atoms with Gasteiger partial charge in [-0.1, -0.05) is 18.2 Å². The van der Waals surface area contributed by atoms with Crippen LogP contribution in [-0.4, -0.2) is 122 Å². The molecule has 3 saturated heterocycles. The van der Waals surface area contributed by atoms with Crippen LogP contribution in [0.3, 0.4) is 0 Å². The number of imidazole rings is 1. The van der Waals surface area contributed by atoms with Crippen molar-refractivity contribution in [2.45, 2.75) is 70.1 Å². The maximum atomic E-state index is 13.4. The first-order chi connectivity index (χ1) is 30.6. The summed E-state index contributed by atoms with van der Waals surface area (Å²) in [7, 11) is 0. The number of pyridine rings is 1. The van der Waals surface area contributed by atoms with Crippen LogP contribution < -0.4 is 25.8 Å². The number of benzene rings is 2. The van der Waals surface area contributed by atoms with Gasteiger partial charge in [0.1, 0.15) is 23.6 Å². The van der Waals surface area contributed by atoms with E-state index in [0.717, 1.165) is 105 Å². The summed E-state index contributed by atoms with van der Waals surface area (Å²) in [4.78, 5) is 89.7. The zero-order valence-electron chi connectivity index (χ0n) is 35.2.